The van der Waals surface area contributed by atoms with Gasteiger partial charge in [-0.25, -0.2) is 29.9 Å². The summed E-state index contributed by atoms with van der Waals surface area (Å²) >= 11 is 101. The van der Waals surface area contributed by atoms with Crippen molar-refractivity contribution in [2.45, 2.75) is 22.8 Å². The number of aromatic nitrogens is 6. The van der Waals surface area contributed by atoms with Crippen molar-refractivity contribution < 1.29 is 0 Å². The maximum Gasteiger partial charge on any atom is 0.250 e. The highest BCUT2D eigenvalue weighted by molar-refractivity contribution is 6.69. The first-order valence-corrected chi connectivity index (χ1v) is 14.4. The van der Waals surface area contributed by atoms with Crippen molar-refractivity contribution in [3.8, 4) is 0 Å². The van der Waals surface area contributed by atoms with Crippen LogP contribution in [0.4, 0.5) is 0 Å². The van der Waals surface area contributed by atoms with Gasteiger partial charge in [-0.3, -0.25) is 0 Å². The van der Waals surface area contributed by atoms with Gasteiger partial charge >= 0.3 is 0 Å². The Bertz CT molecular complexity index is 814. The molecule has 0 unspecified atom stereocenters. The highest BCUT2D eigenvalue weighted by Gasteiger charge is 2.39. The fourth-order valence-electron chi connectivity index (χ4n) is 1.51. The average molecular weight is 866 g/mol. The first-order chi connectivity index (χ1) is 15.6. The van der Waals surface area contributed by atoms with E-state index >= 15 is 0 Å². The van der Waals surface area contributed by atoms with E-state index in [1.807, 2.05) is 0 Å². The molecule has 0 bridgehead atoms. The van der Waals surface area contributed by atoms with Gasteiger partial charge in [-0.15, -0.1) is 0 Å². The summed E-state index contributed by atoms with van der Waals surface area (Å²) in [6, 6.07) is 0. The van der Waals surface area contributed by atoms with E-state index in [1.165, 1.54) is 0 Å². The van der Waals surface area contributed by atoms with Gasteiger partial charge in [-0.2, -0.15) is 0 Å². The lowest BCUT2D eigenvalue weighted by molar-refractivity contribution is 0.789. The van der Waals surface area contributed by atoms with Crippen molar-refractivity contribution in [1.82, 2.24) is 29.9 Å². The van der Waals surface area contributed by atoms with Crippen LogP contribution in [0, 0.1) is 0 Å². The summed E-state index contributed by atoms with van der Waals surface area (Å²) in [5.41, 5.74) is 0. The molecule has 0 N–H and O–H groups in total. The third-order valence-corrected chi connectivity index (χ3v) is 5.83. The molecule has 36 heavy (non-hydrogen) atoms. The van der Waals surface area contributed by atoms with Crippen LogP contribution in [-0.2, 0) is 22.8 Å². The van der Waals surface area contributed by atoms with E-state index in [0.717, 1.165) is 0 Å². The van der Waals surface area contributed by atoms with Crippen molar-refractivity contribution >= 4 is 209 Å². The molecule has 0 saturated heterocycles. The molecule has 2 aromatic rings. The average Bonchev–Trinajstić information content (AvgIpc) is 2.63. The molecule has 0 aliphatic heterocycles. The lowest BCUT2D eigenvalue weighted by Crippen LogP contribution is -2.21. The molecule has 204 valence electrons. The zero-order chi connectivity index (χ0) is 28.7. The number of hydrogen-bond acceptors (Lipinski definition) is 6. The smallest absolute Gasteiger partial charge is 0.209 e. The fraction of sp³-hybridized carbons (Fsp3) is 0.500. The molecule has 0 atom stereocenters. The van der Waals surface area contributed by atoms with Gasteiger partial charge in [0.25, 0.3) is 0 Å². The summed E-state index contributed by atoms with van der Waals surface area (Å²) in [6.45, 7) is 0. The molecule has 2 aromatic heterocycles. The van der Waals surface area contributed by atoms with Crippen LogP contribution >= 0.6 is 209 Å². The van der Waals surface area contributed by atoms with E-state index in [4.69, 9.17) is 209 Å². The van der Waals surface area contributed by atoms with Gasteiger partial charge in [0.05, 0.1) is 0 Å². The van der Waals surface area contributed by atoms with Crippen molar-refractivity contribution in [3.05, 3.63) is 34.9 Å². The second-order valence-electron chi connectivity index (χ2n) is 5.60. The van der Waals surface area contributed by atoms with Crippen LogP contribution in [0.3, 0.4) is 0 Å². The third kappa shape index (κ3) is 12.2. The lowest BCUT2D eigenvalue weighted by Gasteiger charge is -2.17. The molecule has 2 heterocycles. The summed E-state index contributed by atoms with van der Waals surface area (Å²) in [7, 11) is 0. The molecule has 0 aliphatic carbocycles. The standard InChI is InChI=1S/2C6Cl9N3/c2*7-4(8,9)1-16-2(5(10,11)12)18-3(17-1)6(13,14)15. The Balaban J connectivity index is 0.000000360. The van der Waals surface area contributed by atoms with Crippen molar-refractivity contribution in [2.75, 3.05) is 0 Å². The number of rotatable bonds is 0. The topological polar surface area (TPSA) is 77.3 Å². The van der Waals surface area contributed by atoms with Gasteiger partial charge in [0.15, 0.2) is 34.9 Å². The first-order valence-electron chi connectivity index (χ1n) is 7.58. The Hall–Kier alpha value is 3.24. The lowest BCUT2D eigenvalue weighted by atomic mass is 10.5. The minimum atomic E-state index is -1.99. The van der Waals surface area contributed by atoms with E-state index in [0.29, 0.717) is 0 Å². The van der Waals surface area contributed by atoms with Gasteiger partial charge < -0.3 is 0 Å². The fourth-order valence-corrected chi connectivity index (χ4v) is 3.03. The van der Waals surface area contributed by atoms with Crippen LogP contribution in [0.15, 0.2) is 0 Å². The Kier molecular flexibility index (Phi) is 13.7. The van der Waals surface area contributed by atoms with Crippen LogP contribution < -0.4 is 0 Å². The van der Waals surface area contributed by atoms with Crippen LogP contribution in [0.1, 0.15) is 34.9 Å². The van der Waals surface area contributed by atoms with Crippen LogP contribution in [0.5, 0.6) is 0 Å². The van der Waals surface area contributed by atoms with Gasteiger partial charge in [-0.05, 0) is 0 Å². The molecule has 24 heteroatoms. The maximum absolute atomic E-state index is 5.62. The van der Waals surface area contributed by atoms with E-state index in [2.05, 4.69) is 29.9 Å². The van der Waals surface area contributed by atoms with Gasteiger partial charge in [0.1, 0.15) is 0 Å². The number of halogens is 18. The van der Waals surface area contributed by atoms with Crippen molar-refractivity contribution in [1.29, 1.82) is 0 Å². The number of alkyl halides is 18. The van der Waals surface area contributed by atoms with Gasteiger partial charge in [0.2, 0.25) is 22.8 Å². The molecule has 0 saturated carbocycles. The predicted octanol–water partition coefficient (Wildman–Crippen LogP) is 10.7. The SMILES string of the molecule is ClC(Cl)(Cl)c1nc(C(Cl)(Cl)Cl)nc(C(Cl)(Cl)Cl)n1.ClC(Cl)(Cl)c1nc(C(Cl)(Cl)Cl)nc(C(Cl)(Cl)Cl)n1. The van der Waals surface area contributed by atoms with Crippen LogP contribution in [-0.4, -0.2) is 29.9 Å². The number of nitrogens with zero attached hydrogens (tertiary/aromatic N) is 6. The molecule has 0 aromatic carbocycles. The number of hydrogen-bond donors (Lipinski definition) is 0. The third-order valence-electron chi connectivity index (χ3n) is 2.79. The van der Waals surface area contributed by atoms with E-state index in [-0.39, 0.29) is 34.9 Å². The summed E-state index contributed by atoms with van der Waals surface area (Å²) in [5, 5.41) is 0. The molecular formula is C12Cl18N6. The summed E-state index contributed by atoms with van der Waals surface area (Å²) in [6.07, 6.45) is 0. The highest BCUT2D eigenvalue weighted by Crippen LogP contribution is 2.44. The van der Waals surface area contributed by atoms with Gasteiger partial charge in [0, 0.05) is 0 Å². The largest absolute Gasteiger partial charge is 0.250 e. The zero-order valence-electron chi connectivity index (χ0n) is 15.5. The Labute approximate surface area is 292 Å². The molecule has 0 spiro atoms. The minimum absolute atomic E-state index is 0.329. The first kappa shape index (κ1) is 37.3. The quantitative estimate of drug-likeness (QED) is 0.246. The molecule has 2 rings (SSSR count). The summed E-state index contributed by atoms with van der Waals surface area (Å²) < 4.78 is -11.9. The minimum Gasteiger partial charge on any atom is -0.209 e. The normalized spacial score (nSPS) is 13.8. The van der Waals surface area contributed by atoms with Crippen molar-refractivity contribution in [3.63, 3.8) is 0 Å². The highest BCUT2D eigenvalue weighted by atomic mass is 35.6. The van der Waals surface area contributed by atoms with E-state index in [1.54, 1.807) is 0 Å². The molecule has 0 radical (unpaired) electrons. The summed E-state index contributed by atoms with van der Waals surface area (Å²) in [4.78, 5) is 22.2. The molecule has 0 amide bonds. The van der Waals surface area contributed by atoms with E-state index in [9.17, 15) is 0 Å². The van der Waals surface area contributed by atoms with E-state index < -0.39 is 22.8 Å². The molecule has 0 fully saturated rings. The Morgan fingerprint density at radius 2 is 0.306 bits per heavy atom. The second kappa shape index (κ2) is 13.3. The Morgan fingerprint density at radius 1 is 0.222 bits per heavy atom. The Morgan fingerprint density at radius 3 is 0.361 bits per heavy atom. The predicted molar refractivity (Wildman–Crippen MR) is 155 cm³/mol. The maximum atomic E-state index is 5.62. The molecular weight excluding hydrogens is 866 g/mol. The monoisotopic (exact) mass is 857 g/mol. The summed E-state index contributed by atoms with van der Waals surface area (Å²) in [5.74, 6) is -1.97. The molecule has 6 nitrogen and oxygen atoms in total. The van der Waals surface area contributed by atoms with Crippen LogP contribution in [0.2, 0.25) is 0 Å². The zero-order valence-corrected chi connectivity index (χ0v) is 29.1. The van der Waals surface area contributed by atoms with Crippen LogP contribution in [0.25, 0.3) is 0 Å². The van der Waals surface area contributed by atoms with Gasteiger partial charge in [-0.1, -0.05) is 209 Å². The molecule has 0 aliphatic rings. The van der Waals surface area contributed by atoms with Crippen molar-refractivity contribution in [2.24, 2.45) is 0 Å². The second-order valence-corrected chi connectivity index (χ2v) is 19.3.